The Morgan fingerprint density at radius 1 is 1.38 bits per heavy atom. The van der Waals surface area contributed by atoms with E-state index in [0.29, 0.717) is 12.3 Å². The molecular weight excluding hydrogens is 332 g/mol. The summed E-state index contributed by atoms with van der Waals surface area (Å²) in [6.45, 7) is 2.19. The molecule has 1 aliphatic rings. The van der Waals surface area contributed by atoms with Crippen molar-refractivity contribution in [3.8, 4) is 5.75 Å². The lowest BCUT2D eigenvalue weighted by molar-refractivity contribution is -0.140. The van der Waals surface area contributed by atoms with Gasteiger partial charge in [0.25, 0.3) is 0 Å². The lowest BCUT2D eigenvalue weighted by Crippen LogP contribution is -2.13. The molecule has 0 heterocycles. The summed E-state index contributed by atoms with van der Waals surface area (Å²) in [5, 5.41) is 0. The zero-order chi connectivity index (χ0) is 15.2. The minimum atomic E-state index is -0.167. The van der Waals surface area contributed by atoms with Crippen LogP contribution in [0.5, 0.6) is 5.75 Å². The summed E-state index contributed by atoms with van der Waals surface area (Å²) < 4.78 is 11.8. The fraction of sp³-hybridized carbons (Fsp3) is 0.471. The van der Waals surface area contributed by atoms with E-state index >= 15 is 0 Å². The van der Waals surface area contributed by atoms with Gasteiger partial charge in [0, 0.05) is 6.42 Å². The highest BCUT2D eigenvalue weighted by Gasteiger charge is 2.19. The Kier molecular flexibility index (Phi) is 5.85. The van der Waals surface area contributed by atoms with E-state index in [4.69, 9.17) is 4.74 Å². The van der Waals surface area contributed by atoms with Gasteiger partial charge in [-0.15, -0.1) is 0 Å². The Morgan fingerprint density at radius 3 is 2.86 bits per heavy atom. The van der Waals surface area contributed by atoms with Crippen LogP contribution < -0.4 is 4.74 Å². The van der Waals surface area contributed by atoms with Crippen LogP contribution in [-0.4, -0.2) is 19.2 Å². The van der Waals surface area contributed by atoms with Crippen LogP contribution in [-0.2, 0) is 16.0 Å². The SMILES string of the molecule is COC(=O)CCCc1cccc(Br)c1O[C@@H]1C=C[C@H](C)C1. The Balaban J connectivity index is 2.02. The average Bonchev–Trinajstić information content (AvgIpc) is 2.87. The number of halogens is 1. The number of aryl methyl sites for hydroxylation is 1. The molecule has 2 rings (SSSR count). The molecule has 0 fully saturated rings. The molecule has 1 aliphatic carbocycles. The Bertz CT molecular complexity index is 525. The molecule has 4 heteroatoms. The van der Waals surface area contributed by atoms with Crippen molar-refractivity contribution in [3.63, 3.8) is 0 Å². The number of para-hydroxylation sites is 1. The van der Waals surface area contributed by atoms with Crippen LogP contribution in [0.2, 0.25) is 0 Å². The van der Waals surface area contributed by atoms with E-state index in [9.17, 15) is 4.79 Å². The van der Waals surface area contributed by atoms with Crippen molar-refractivity contribution < 1.29 is 14.3 Å². The van der Waals surface area contributed by atoms with E-state index in [1.165, 1.54) is 7.11 Å². The first-order valence-electron chi connectivity index (χ1n) is 7.29. The van der Waals surface area contributed by atoms with Crippen molar-refractivity contribution in [3.05, 3.63) is 40.4 Å². The number of hydrogen-bond acceptors (Lipinski definition) is 3. The van der Waals surface area contributed by atoms with Gasteiger partial charge in [-0.3, -0.25) is 4.79 Å². The van der Waals surface area contributed by atoms with Crippen LogP contribution in [0.4, 0.5) is 0 Å². The van der Waals surface area contributed by atoms with Crippen molar-refractivity contribution >= 4 is 21.9 Å². The monoisotopic (exact) mass is 352 g/mol. The molecule has 0 aromatic heterocycles. The third kappa shape index (κ3) is 4.60. The Morgan fingerprint density at radius 2 is 2.19 bits per heavy atom. The molecule has 114 valence electrons. The zero-order valence-electron chi connectivity index (χ0n) is 12.5. The quantitative estimate of drug-likeness (QED) is 0.565. The first-order valence-corrected chi connectivity index (χ1v) is 8.08. The van der Waals surface area contributed by atoms with Gasteiger partial charge in [-0.25, -0.2) is 0 Å². The van der Waals surface area contributed by atoms with Crippen molar-refractivity contribution in [2.45, 2.75) is 38.7 Å². The molecule has 0 amide bonds. The lowest BCUT2D eigenvalue weighted by atomic mass is 10.1. The summed E-state index contributed by atoms with van der Waals surface area (Å²) in [7, 11) is 1.42. The summed E-state index contributed by atoms with van der Waals surface area (Å²) in [5.41, 5.74) is 1.13. The fourth-order valence-corrected chi connectivity index (χ4v) is 2.98. The van der Waals surface area contributed by atoms with Gasteiger partial charge in [0.05, 0.1) is 11.6 Å². The number of carbonyl (C=O) groups is 1. The van der Waals surface area contributed by atoms with Crippen LogP contribution in [0.15, 0.2) is 34.8 Å². The highest BCUT2D eigenvalue weighted by molar-refractivity contribution is 9.10. The molecule has 1 aromatic carbocycles. The highest BCUT2D eigenvalue weighted by Crippen LogP contribution is 2.33. The molecule has 0 saturated carbocycles. The van der Waals surface area contributed by atoms with E-state index in [-0.39, 0.29) is 12.1 Å². The Hall–Kier alpha value is -1.29. The number of hydrogen-bond donors (Lipinski definition) is 0. The Labute approximate surface area is 134 Å². The zero-order valence-corrected chi connectivity index (χ0v) is 14.1. The predicted molar refractivity (Wildman–Crippen MR) is 86.4 cm³/mol. The fourth-order valence-electron chi connectivity index (χ4n) is 2.48. The van der Waals surface area contributed by atoms with Crippen LogP contribution in [0, 0.1) is 5.92 Å². The second-order valence-electron chi connectivity index (χ2n) is 5.41. The second kappa shape index (κ2) is 7.64. The van der Waals surface area contributed by atoms with Crippen molar-refractivity contribution in [2.75, 3.05) is 7.11 Å². The van der Waals surface area contributed by atoms with Gasteiger partial charge in [0.1, 0.15) is 11.9 Å². The predicted octanol–water partition coefficient (Wildman–Crippen LogP) is 4.29. The molecular formula is C17H21BrO3. The van der Waals surface area contributed by atoms with Crippen molar-refractivity contribution in [2.24, 2.45) is 5.92 Å². The first kappa shape index (κ1) is 16.1. The number of benzene rings is 1. The van der Waals surface area contributed by atoms with Gasteiger partial charge in [0.2, 0.25) is 0 Å². The number of esters is 1. The van der Waals surface area contributed by atoms with Gasteiger partial charge in [-0.2, -0.15) is 0 Å². The summed E-state index contributed by atoms with van der Waals surface area (Å²) in [5.74, 6) is 1.30. The molecule has 0 N–H and O–H groups in total. The summed E-state index contributed by atoms with van der Waals surface area (Å²) in [4.78, 5) is 11.2. The van der Waals surface area contributed by atoms with E-state index in [2.05, 4.69) is 45.8 Å². The molecule has 0 spiro atoms. The minimum absolute atomic E-state index is 0.137. The van der Waals surface area contributed by atoms with Crippen LogP contribution >= 0.6 is 15.9 Å². The van der Waals surface area contributed by atoms with Crippen LogP contribution in [0.1, 0.15) is 31.7 Å². The molecule has 0 radical (unpaired) electrons. The third-order valence-corrected chi connectivity index (χ3v) is 4.26. The maximum Gasteiger partial charge on any atom is 0.305 e. The average molecular weight is 353 g/mol. The molecule has 0 aliphatic heterocycles. The van der Waals surface area contributed by atoms with E-state index in [0.717, 1.165) is 35.0 Å². The molecule has 0 bridgehead atoms. The van der Waals surface area contributed by atoms with Crippen LogP contribution in [0.3, 0.4) is 0 Å². The summed E-state index contributed by atoms with van der Waals surface area (Å²) >= 11 is 3.56. The van der Waals surface area contributed by atoms with E-state index in [1.54, 1.807) is 0 Å². The lowest BCUT2D eigenvalue weighted by Gasteiger charge is -2.18. The normalized spacial score (nSPS) is 20.5. The standard InChI is InChI=1S/C17H21BrO3/c1-12-9-10-14(11-12)21-17-13(5-3-7-15(17)18)6-4-8-16(19)20-2/h3,5,7,9-10,12,14H,4,6,8,11H2,1-2H3/t12-,14+/m0/s1. The van der Waals surface area contributed by atoms with E-state index < -0.39 is 0 Å². The number of rotatable bonds is 6. The van der Waals surface area contributed by atoms with Crippen molar-refractivity contribution in [1.29, 1.82) is 0 Å². The van der Waals surface area contributed by atoms with Gasteiger partial charge < -0.3 is 9.47 Å². The molecule has 2 atom stereocenters. The van der Waals surface area contributed by atoms with Gasteiger partial charge >= 0.3 is 5.97 Å². The molecule has 21 heavy (non-hydrogen) atoms. The molecule has 3 nitrogen and oxygen atoms in total. The number of allylic oxidation sites excluding steroid dienone is 1. The van der Waals surface area contributed by atoms with Gasteiger partial charge in [-0.1, -0.05) is 25.1 Å². The summed E-state index contributed by atoms with van der Waals surface area (Å²) in [6, 6.07) is 6.04. The summed E-state index contributed by atoms with van der Waals surface area (Å²) in [6.07, 6.45) is 7.47. The van der Waals surface area contributed by atoms with E-state index in [1.807, 2.05) is 12.1 Å². The number of methoxy groups -OCH3 is 1. The maximum absolute atomic E-state index is 11.2. The largest absolute Gasteiger partial charge is 0.485 e. The smallest absolute Gasteiger partial charge is 0.305 e. The molecule has 1 aromatic rings. The second-order valence-corrected chi connectivity index (χ2v) is 6.27. The molecule has 0 unspecified atom stereocenters. The third-order valence-electron chi connectivity index (χ3n) is 3.63. The number of carbonyl (C=O) groups excluding carboxylic acids is 1. The minimum Gasteiger partial charge on any atom is -0.485 e. The first-order chi connectivity index (χ1) is 10.1. The molecule has 0 saturated heterocycles. The van der Waals surface area contributed by atoms with Crippen molar-refractivity contribution in [1.82, 2.24) is 0 Å². The topological polar surface area (TPSA) is 35.5 Å². The maximum atomic E-state index is 11.2. The van der Waals surface area contributed by atoms with Gasteiger partial charge in [-0.05, 0) is 58.8 Å². The van der Waals surface area contributed by atoms with Crippen LogP contribution in [0.25, 0.3) is 0 Å². The number of ether oxygens (including phenoxy) is 2. The van der Waals surface area contributed by atoms with Gasteiger partial charge in [0.15, 0.2) is 0 Å². The highest BCUT2D eigenvalue weighted by atomic mass is 79.9.